The van der Waals surface area contributed by atoms with Crippen LogP contribution in [-0.2, 0) is 32.3 Å². The number of carbonyl (C=O) groups excluding carboxylic acids is 2. The Morgan fingerprint density at radius 2 is 1.71 bits per heavy atom. The van der Waals surface area contributed by atoms with E-state index in [-0.39, 0.29) is 30.6 Å². The molecule has 3 rings (SSSR count). The summed E-state index contributed by atoms with van der Waals surface area (Å²) in [7, 11) is -4.14. The van der Waals surface area contributed by atoms with Crippen molar-refractivity contribution in [3.63, 3.8) is 0 Å². The van der Waals surface area contributed by atoms with Crippen LogP contribution in [0, 0.1) is 6.92 Å². The summed E-state index contributed by atoms with van der Waals surface area (Å²) >= 11 is 0. The highest BCUT2D eigenvalue weighted by atomic mass is 32.2. The van der Waals surface area contributed by atoms with Crippen molar-refractivity contribution in [2.75, 3.05) is 17.1 Å². The standard InChI is InChI=1S/C27H34F3N3O4S/c1-4-24(26(35)31-22-9-5-6-10-22)32(17-20-14-12-19(2)13-15-20)25(34)18-33(38(3,36)37)23-11-7-8-21(16-23)27(28,29)30/h7-8,11-16,22,24H,4-6,9-10,17-18H2,1-3H3,(H,31,35). The lowest BCUT2D eigenvalue weighted by molar-refractivity contribution is -0.140. The summed E-state index contributed by atoms with van der Waals surface area (Å²) in [5.41, 5.74) is 0.427. The maximum absolute atomic E-state index is 13.7. The topological polar surface area (TPSA) is 86.8 Å². The molecule has 0 aromatic heterocycles. The maximum atomic E-state index is 13.7. The van der Waals surface area contributed by atoms with Gasteiger partial charge in [0.25, 0.3) is 0 Å². The molecule has 0 spiro atoms. The second-order valence-corrected chi connectivity index (χ2v) is 11.6. The smallest absolute Gasteiger partial charge is 0.352 e. The molecule has 1 aliphatic carbocycles. The van der Waals surface area contributed by atoms with Gasteiger partial charge in [-0.15, -0.1) is 0 Å². The van der Waals surface area contributed by atoms with Crippen LogP contribution in [0.2, 0.25) is 0 Å². The van der Waals surface area contributed by atoms with Crippen molar-refractivity contribution in [2.45, 2.75) is 70.8 Å². The van der Waals surface area contributed by atoms with Gasteiger partial charge in [-0.05, 0) is 49.9 Å². The average molecular weight is 554 g/mol. The minimum atomic E-state index is -4.69. The van der Waals surface area contributed by atoms with Crippen LogP contribution in [0.15, 0.2) is 48.5 Å². The van der Waals surface area contributed by atoms with Crippen LogP contribution in [0.25, 0.3) is 0 Å². The fraction of sp³-hybridized carbons (Fsp3) is 0.481. The number of benzene rings is 2. The number of aryl methyl sites for hydroxylation is 1. The van der Waals surface area contributed by atoms with Crippen LogP contribution in [0.3, 0.4) is 0 Å². The summed E-state index contributed by atoms with van der Waals surface area (Å²) in [6.07, 6.45) is 0.138. The first kappa shape index (κ1) is 29.5. The van der Waals surface area contributed by atoms with Crippen molar-refractivity contribution in [3.05, 3.63) is 65.2 Å². The Morgan fingerprint density at radius 3 is 2.26 bits per heavy atom. The normalized spacial score (nSPS) is 15.2. The van der Waals surface area contributed by atoms with Gasteiger partial charge in [0, 0.05) is 12.6 Å². The van der Waals surface area contributed by atoms with Gasteiger partial charge in [0.1, 0.15) is 12.6 Å². The Balaban J connectivity index is 1.95. The first-order chi connectivity index (χ1) is 17.8. The number of hydrogen-bond donors (Lipinski definition) is 1. The molecule has 0 aliphatic heterocycles. The lowest BCUT2D eigenvalue weighted by Gasteiger charge is -2.33. The zero-order valence-corrected chi connectivity index (χ0v) is 22.6. The number of halogens is 3. The molecule has 1 aliphatic rings. The number of nitrogens with zero attached hydrogens (tertiary/aromatic N) is 2. The maximum Gasteiger partial charge on any atom is 0.416 e. The fourth-order valence-electron chi connectivity index (χ4n) is 4.63. The number of amides is 2. The van der Waals surface area contributed by atoms with E-state index in [4.69, 9.17) is 0 Å². The van der Waals surface area contributed by atoms with Crippen LogP contribution in [0.4, 0.5) is 18.9 Å². The van der Waals surface area contributed by atoms with Crippen molar-refractivity contribution in [1.29, 1.82) is 0 Å². The first-order valence-corrected chi connectivity index (χ1v) is 14.4. The van der Waals surface area contributed by atoms with E-state index >= 15 is 0 Å². The zero-order valence-electron chi connectivity index (χ0n) is 21.8. The summed E-state index contributed by atoms with van der Waals surface area (Å²) in [5, 5.41) is 3.01. The molecular formula is C27H34F3N3O4S. The molecule has 11 heteroatoms. The van der Waals surface area contributed by atoms with E-state index in [2.05, 4.69) is 5.32 Å². The van der Waals surface area contributed by atoms with Gasteiger partial charge in [-0.2, -0.15) is 13.2 Å². The molecular weight excluding hydrogens is 519 g/mol. The van der Waals surface area contributed by atoms with E-state index in [1.54, 1.807) is 6.92 Å². The number of nitrogens with one attached hydrogen (secondary N) is 1. The fourth-order valence-corrected chi connectivity index (χ4v) is 5.47. The Hall–Kier alpha value is -3.08. The summed E-state index contributed by atoms with van der Waals surface area (Å²) in [4.78, 5) is 28.3. The minimum Gasteiger partial charge on any atom is -0.352 e. The molecule has 1 saturated carbocycles. The third kappa shape index (κ3) is 7.72. The number of carbonyl (C=O) groups is 2. The Morgan fingerprint density at radius 1 is 1.08 bits per heavy atom. The van der Waals surface area contributed by atoms with Crippen molar-refractivity contribution >= 4 is 27.5 Å². The van der Waals surface area contributed by atoms with E-state index in [1.807, 2.05) is 31.2 Å². The average Bonchev–Trinajstić information content (AvgIpc) is 3.35. The minimum absolute atomic E-state index is 0.0190. The molecule has 1 N–H and O–H groups in total. The third-order valence-electron chi connectivity index (χ3n) is 6.70. The van der Waals surface area contributed by atoms with E-state index in [0.717, 1.165) is 55.2 Å². The summed E-state index contributed by atoms with van der Waals surface area (Å²) < 4.78 is 65.9. The molecule has 2 aromatic rings. The van der Waals surface area contributed by atoms with Crippen molar-refractivity contribution in [2.24, 2.45) is 0 Å². The summed E-state index contributed by atoms with van der Waals surface area (Å²) in [6, 6.07) is 10.3. The number of sulfonamides is 1. The molecule has 2 amide bonds. The first-order valence-electron chi connectivity index (χ1n) is 12.6. The number of anilines is 1. The van der Waals surface area contributed by atoms with Crippen LogP contribution < -0.4 is 9.62 Å². The van der Waals surface area contributed by atoms with Gasteiger partial charge in [0.05, 0.1) is 17.5 Å². The highest BCUT2D eigenvalue weighted by molar-refractivity contribution is 7.92. The second-order valence-electron chi connectivity index (χ2n) is 9.74. The van der Waals surface area contributed by atoms with Gasteiger partial charge in [0.15, 0.2) is 0 Å². The Bertz CT molecular complexity index is 1230. The summed E-state index contributed by atoms with van der Waals surface area (Å²) in [5.74, 6) is -1.02. The van der Waals surface area contributed by atoms with Crippen LogP contribution in [0.1, 0.15) is 55.7 Å². The third-order valence-corrected chi connectivity index (χ3v) is 7.84. The molecule has 0 heterocycles. The number of hydrogen-bond acceptors (Lipinski definition) is 4. The van der Waals surface area contributed by atoms with Gasteiger partial charge in [0.2, 0.25) is 21.8 Å². The van der Waals surface area contributed by atoms with Gasteiger partial charge >= 0.3 is 6.18 Å². The van der Waals surface area contributed by atoms with Crippen molar-refractivity contribution in [1.82, 2.24) is 10.2 Å². The molecule has 38 heavy (non-hydrogen) atoms. The van der Waals surface area contributed by atoms with Gasteiger partial charge < -0.3 is 10.2 Å². The molecule has 1 unspecified atom stereocenters. The number of alkyl halides is 3. The summed E-state index contributed by atoms with van der Waals surface area (Å²) in [6.45, 7) is 2.96. The molecule has 0 saturated heterocycles. The van der Waals surface area contributed by atoms with Gasteiger partial charge in [-0.3, -0.25) is 13.9 Å². The van der Waals surface area contributed by atoms with Gasteiger partial charge in [-0.1, -0.05) is 55.7 Å². The van der Waals surface area contributed by atoms with Crippen molar-refractivity contribution in [3.8, 4) is 0 Å². The van der Waals surface area contributed by atoms with Crippen LogP contribution >= 0.6 is 0 Å². The van der Waals surface area contributed by atoms with Crippen LogP contribution in [-0.4, -0.2) is 50.0 Å². The molecule has 208 valence electrons. The van der Waals surface area contributed by atoms with E-state index in [0.29, 0.717) is 10.4 Å². The van der Waals surface area contributed by atoms with Crippen molar-refractivity contribution < 1.29 is 31.2 Å². The van der Waals surface area contributed by atoms with E-state index in [9.17, 15) is 31.2 Å². The quantitative estimate of drug-likeness (QED) is 0.464. The predicted molar refractivity (Wildman–Crippen MR) is 140 cm³/mol. The lowest BCUT2D eigenvalue weighted by atomic mass is 10.1. The van der Waals surface area contributed by atoms with E-state index < -0.39 is 40.3 Å². The molecule has 0 radical (unpaired) electrons. The largest absolute Gasteiger partial charge is 0.416 e. The highest BCUT2D eigenvalue weighted by Crippen LogP contribution is 2.32. The van der Waals surface area contributed by atoms with Crippen LogP contribution in [0.5, 0.6) is 0 Å². The predicted octanol–water partition coefficient (Wildman–Crippen LogP) is 4.65. The Labute approximate surface area is 222 Å². The number of rotatable bonds is 10. The molecule has 1 atom stereocenters. The molecule has 0 bridgehead atoms. The molecule has 7 nitrogen and oxygen atoms in total. The SMILES string of the molecule is CCC(C(=O)NC1CCCC1)N(Cc1ccc(C)cc1)C(=O)CN(c1cccc(C(F)(F)F)c1)S(C)(=O)=O. The monoisotopic (exact) mass is 553 g/mol. The Kier molecular flexibility index (Phi) is 9.45. The molecule has 1 fully saturated rings. The van der Waals surface area contributed by atoms with Gasteiger partial charge in [-0.25, -0.2) is 8.42 Å². The van der Waals surface area contributed by atoms with E-state index in [1.165, 1.54) is 11.0 Å². The zero-order chi connectivity index (χ0) is 28.1. The lowest BCUT2D eigenvalue weighted by Crippen LogP contribution is -2.53. The second kappa shape index (κ2) is 12.2. The molecule has 2 aromatic carbocycles. The highest BCUT2D eigenvalue weighted by Gasteiger charge is 2.35.